The summed E-state index contributed by atoms with van der Waals surface area (Å²) in [5.41, 5.74) is 1.84. The van der Waals surface area contributed by atoms with Gasteiger partial charge in [0.2, 0.25) is 5.95 Å². The van der Waals surface area contributed by atoms with E-state index in [9.17, 15) is 4.79 Å². The lowest BCUT2D eigenvalue weighted by molar-refractivity contribution is 0.0720. The van der Waals surface area contributed by atoms with Gasteiger partial charge in [0.15, 0.2) is 0 Å². The van der Waals surface area contributed by atoms with Gasteiger partial charge in [0.1, 0.15) is 0 Å². The normalized spacial score (nSPS) is 16.8. The molecular formula is C18H20N6OS. The van der Waals surface area contributed by atoms with Crippen LogP contribution in [0.5, 0.6) is 0 Å². The van der Waals surface area contributed by atoms with Gasteiger partial charge in [-0.1, -0.05) is 0 Å². The van der Waals surface area contributed by atoms with Gasteiger partial charge < -0.3 is 10.2 Å². The lowest BCUT2D eigenvalue weighted by Crippen LogP contribution is -2.34. The molecule has 8 heteroatoms. The molecule has 0 bridgehead atoms. The molecule has 0 saturated heterocycles. The van der Waals surface area contributed by atoms with E-state index in [-0.39, 0.29) is 5.91 Å². The lowest BCUT2D eigenvalue weighted by Gasteiger charge is -2.24. The average Bonchev–Trinajstić information content (AvgIpc) is 3.31. The standard InChI is InChI=1S/C18H20N6OS/c25-17(15-4-9-26-13-15)23-10-14(11-24-16(12-23)3-8-22-24)2-7-21-18-19-5-1-6-20-18/h1,3-6,8-9,13-14H,2,7,10-12H2,(H,19,20,21). The molecule has 0 spiro atoms. The minimum Gasteiger partial charge on any atom is -0.354 e. The van der Waals surface area contributed by atoms with E-state index in [4.69, 9.17) is 0 Å². The molecule has 7 nitrogen and oxygen atoms in total. The van der Waals surface area contributed by atoms with Crippen molar-refractivity contribution < 1.29 is 4.79 Å². The van der Waals surface area contributed by atoms with Crippen molar-refractivity contribution in [2.45, 2.75) is 19.5 Å². The van der Waals surface area contributed by atoms with Gasteiger partial charge in [-0.25, -0.2) is 9.97 Å². The minimum atomic E-state index is 0.0882. The summed E-state index contributed by atoms with van der Waals surface area (Å²) in [6, 6.07) is 5.68. The van der Waals surface area contributed by atoms with Crippen LogP contribution in [0, 0.1) is 5.92 Å². The Bertz CT molecular complexity index is 848. The Balaban J connectivity index is 1.45. The Hall–Kier alpha value is -2.74. The molecule has 4 rings (SSSR count). The SMILES string of the molecule is O=C(c1ccsc1)N1Cc2ccnn2CC(CCNc2ncccn2)C1. The zero-order chi connectivity index (χ0) is 17.8. The van der Waals surface area contributed by atoms with Crippen molar-refractivity contribution in [1.29, 1.82) is 0 Å². The molecule has 0 radical (unpaired) electrons. The largest absolute Gasteiger partial charge is 0.354 e. The Morgan fingerprint density at radius 3 is 2.92 bits per heavy atom. The summed E-state index contributed by atoms with van der Waals surface area (Å²) in [5, 5.41) is 11.5. The molecule has 0 saturated carbocycles. The quantitative estimate of drug-likeness (QED) is 0.749. The monoisotopic (exact) mass is 368 g/mol. The smallest absolute Gasteiger partial charge is 0.255 e. The van der Waals surface area contributed by atoms with Crippen LogP contribution in [-0.4, -0.2) is 43.6 Å². The van der Waals surface area contributed by atoms with Crippen molar-refractivity contribution in [2.75, 3.05) is 18.4 Å². The molecule has 0 aliphatic carbocycles. The van der Waals surface area contributed by atoms with E-state index >= 15 is 0 Å². The zero-order valence-corrected chi connectivity index (χ0v) is 15.1. The van der Waals surface area contributed by atoms with Gasteiger partial charge >= 0.3 is 0 Å². The number of aromatic nitrogens is 4. The maximum Gasteiger partial charge on any atom is 0.255 e. The number of amides is 1. The molecule has 0 fully saturated rings. The fraction of sp³-hybridized carbons (Fsp3) is 0.333. The molecule has 1 atom stereocenters. The highest BCUT2D eigenvalue weighted by Crippen LogP contribution is 2.21. The van der Waals surface area contributed by atoms with Gasteiger partial charge in [-0.3, -0.25) is 9.48 Å². The van der Waals surface area contributed by atoms with Crippen molar-refractivity contribution in [3.05, 3.63) is 58.8 Å². The van der Waals surface area contributed by atoms with Crippen LogP contribution in [0.15, 0.2) is 47.5 Å². The third kappa shape index (κ3) is 3.75. The second-order valence-corrected chi connectivity index (χ2v) is 7.14. The summed E-state index contributed by atoms with van der Waals surface area (Å²) in [6.07, 6.45) is 6.16. The third-order valence-corrected chi connectivity index (χ3v) is 5.21. The van der Waals surface area contributed by atoms with Crippen LogP contribution in [0.2, 0.25) is 0 Å². The molecule has 0 aromatic carbocycles. The van der Waals surface area contributed by atoms with E-state index in [0.29, 0.717) is 18.4 Å². The van der Waals surface area contributed by atoms with Crippen LogP contribution in [0.25, 0.3) is 0 Å². The van der Waals surface area contributed by atoms with Crippen LogP contribution in [0.4, 0.5) is 5.95 Å². The number of hydrogen-bond acceptors (Lipinski definition) is 6. The summed E-state index contributed by atoms with van der Waals surface area (Å²) < 4.78 is 2.02. The number of anilines is 1. The molecule has 1 N–H and O–H groups in total. The first-order chi connectivity index (χ1) is 12.8. The minimum absolute atomic E-state index is 0.0882. The Kier molecular flexibility index (Phi) is 4.92. The van der Waals surface area contributed by atoms with Crippen molar-refractivity contribution in [1.82, 2.24) is 24.6 Å². The molecule has 1 aliphatic heterocycles. The maximum atomic E-state index is 12.9. The second kappa shape index (κ2) is 7.65. The van der Waals surface area contributed by atoms with Gasteiger partial charge in [-0.15, -0.1) is 0 Å². The van der Waals surface area contributed by atoms with E-state index in [1.54, 1.807) is 36.0 Å². The second-order valence-electron chi connectivity index (χ2n) is 6.36. The molecule has 3 aromatic heterocycles. The fourth-order valence-electron chi connectivity index (χ4n) is 3.22. The molecule has 1 amide bonds. The van der Waals surface area contributed by atoms with Crippen LogP contribution < -0.4 is 5.32 Å². The zero-order valence-electron chi connectivity index (χ0n) is 14.3. The summed E-state index contributed by atoms with van der Waals surface area (Å²) in [4.78, 5) is 23.2. The van der Waals surface area contributed by atoms with Crippen molar-refractivity contribution in [3.8, 4) is 0 Å². The number of thiophene rings is 1. The lowest BCUT2D eigenvalue weighted by atomic mass is 10.0. The van der Waals surface area contributed by atoms with Gasteiger partial charge in [-0.05, 0) is 35.9 Å². The van der Waals surface area contributed by atoms with Crippen LogP contribution >= 0.6 is 11.3 Å². The van der Waals surface area contributed by atoms with Gasteiger partial charge in [0.05, 0.1) is 17.8 Å². The summed E-state index contributed by atoms with van der Waals surface area (Å²) in [6.45, 7) is 2.88. The van der Waals surface area contributed by atoms with Crippen LogP contribution in [0.3, 0.4) is 0 Å². The first kappa shape index (κ1) is 16.7. The molecule has 1 unspecified atom stereocenters. The average molecular weight is 368 g/mol. The summed E-state index contributed by atoms with van der Waals surface area (Å²) in [7, 11) is 0. The maximum absolute atomic E-state index is 12.9. The first-order valence-corrected chi connectivity index (χ1v) is 9.57. The first-order valence-electron chi connectivity index (χ1n) is 8.62. The van der Waals surface area contributed by atoms with Gasteiger partial charge in [-0.2, -0.15) is 16.4 Å². The molecule has 134 valence electrons. The predicted molar refractivity (Wildman–Crippen MR) is 99.9 cm³/mol. The molecule has 26 heavy (non-hydrogen) atoms. The Labute approximate surface area is 155 Å². The number of nitrogens with one attached hydrogen (secondary N) is 1. The number of fused-ring (bicyclic) bond motifs is 1. The highest BCUT2D eigenvalue weighted by atomic mass is 32.1. The topological polar surface area (TPSA) is 75.9 Å². The highest BCUT2D eigenvalue weighted by Gasteiger charge is 2.26. The van der Waals surface area contributed by atoms with Crippen molar-refractivity contribution in [3.63, 3.8) is 0 Å². The summed E-state index contributed by atoms with van der Waals surface area (Å²) >= 11 is 1.55. The molecular weight excluding hydrogens is 348 g/mol. The number of rotatable bonds is 5. The van der Waals surface area contributed by atoms with Crippen LogP contribution in [0.1, 0.15) is 22.5 Å². The number of nitrogens with zero attached hydrogens (tertiary/aromatic N) is 5. The van der Waals surface area contributed by atoms with Gasteiger partial charge in [0, 0.05) is 43.6 Å². The highest BCUT2D eigenvalue weighted by molar-refractivity contribution is 7.08. The summed E-state index contributed by atoms with van der Waals surface area (Å²) in [5.74, 6) is 1.03. The van der Waals surface area contributed by atoms with E-state index < -0.39 is 0 Å². The van der Waals surface area contributed by atoms with E-state index in [1.807, 2.05) is 32.5 Å². The van der Waals surface area contributed by atoms with Crippen molar-refractivity contribution in [2.24, 2.45) is 5.92 Å². The predicted octanol–water partition coefficient (Wildman–Crippen LogP) is 2.51. The Morgan fingerprint density at radius 2 is 2.12 bits per heavy atom. The van der Waals surface area contributed by atoms with E-state index in [0.717, 1.165) is 37.3 Å². The third-order valence-electron chi connectivity index (χ3n) is 4.52. The number of hydrogen-bond donors (Lipinski definition) is 1. The Morgan fingerprint density at radius 1 is 1.23 bits per heavy atom. The molecule has 3 aromatic rings. The van der Waals surface area contributed by atoms with Crippen LogP contribution in [-0.2, 0) is 13.1 Å². The van der Waals surface area contributed by atoms with Gasteiger partial charge in [0.25, 0.3) is 5.91 Å². The molecule has 1 aliphatic rings. The number of carbonyl (C=O) groups is 1. The number of carbonyl (C=O) groups excluding carboxylic acids is 1. The van der Waals surface area contributed by atoms with E-state index in [2.05, 4.69) is 20.4 Å². The molecule has 4 heterocycles. The fourth-order valence-corrected chi connectivity index (χ4v) is 3.85. The van der Waals surface area contributed by atoms with E-state index in [1.165, 1.54) is 0 Å². The van der Waals surface area contributed by atoms with Crippen molar-refractivity contribution >= 4 is 23.2 Å².